The SMILES string of the molecule is Oc1ccc(C(CCCc2ccccc2)=NCc2ccccc2)c(O)c1. The monoisotopic (exact) mass is 345 g/mol. The predicted octanol–water partition coefficient (Wildman–Crippen LogP) is 5.11. The summed E-state index contributed by atoms with van der Waals surface area (Å²) >= 11 is 0. The molecule has 0 spiro atoms. The molecule has 0 saturated carbocycles. The van der Waals surface area contributed by atoms with E-state index in [0.717, 1.165) is 30.5 Å². The lowest BCUT2D eigenvalue weighted by Crippen LogP contribution is -2.04. The summed E-state index contributed by atoms with van der Waals surface area (Å²) in [4.78, 5) is 4.76. The number of nitrogens with zero attached hydrogens (tertiary/aromatic N) is 1. The number of aromatic hydroxyl groups is 2. The normalized spacial score (nSPS) is 11.5. The molecular formula is C23H23NO2. The molecule has 0 bridgehead atoms. The third kappa shape index (κ3) is 4.96. The van der Waals surface area contributed by atoms with Gasteiger partial charge in [-0.1, -0.05) is 60.7 Å². The van der Waals surface area contributed by atoms with E-state index in [2.05, 4.69) is 12.1 Å². The molecule has 0 unspecified atom stereocenters. The van der Waals surface area contributed by atoms with E-state index in [1.165, 1.54) is 11.6 Å². The number of aryl methyl sites for hydroxylation is 1. The molecule has 0 aliphatic rings. The van der Waals surface area contributed by atoms with Gasteiger partial charge in [-0.05, 0) is 42.5 Å². The minimum absolute atomic E-state index is 0.0537. The Kier molecular flexibility index (Phi) is 6.05. The lowest BCUT2D eigenvalue weighted by Gasteiger charge is -2.10. The van der Waals surface area contributed by atoms with Gasteiger partial charge in [0.05, 0.1) is 6.54 Å². The van der Waals surface area contributed by atoms with Crippen molar-refractivity contribution < 1.29 is 10.2 Å². The minimum atomic E-state index is 0.0537. The summed E-state index contributed by atoms with van der Waals surface area (Å²) < 4.78 is 0. The second-order valence-corrected chi connectivity index (χ2v) is 6.29. The standard InChI is InChI=1S/C23H23NO2/c25-20-14-15-21(23(26)16-20)22(24-17-19-10-5-2-6-11-19)13-7-12-18-8-3-1-4-9-18/h1-6,8-11,14-16,25-26H,7,12-13,17H2. The van der Waals surface area contributed by atoms with Gasteiger partial charge in [0.25, 0.3) is 0 Å². The van der Waals surface area contributed by atoms with Gasteiger partial charge in [0, 0.05) is 17.3 Å². The Labute approximate surface area is 154 Å². The van der Waals surface area contributed by atoms with Crippen molar-refractivity contribution in [2.75, 3.05) is 0 Å². The van der Waals surface area contributed by atoms with Gasteiger partial charge in [-0.2, -0.15) is 0 Å². The van der Waals surface area contributed by atoms with Crippen molar-refractivity contribution in [1.82, 2.24) is 0 Å². The molecule has 2 N–H and O–H groups in total. The third-order valence-electron chi connectivity index (χ3n) is 4.31. The first kappa shape index (κ1) is 17.7. The van der Waals surface area contributed by atoms with Gasteiger partial charge in [-0.3, -0.25) is 4.99 Å². The summed E-state index contributed by atoms with van der Waals surface area (Å²) in [6.45, 7) is 0.571. The summed E-state index contributed by atoms with van der Waals surface area (Å²) in [7, 11) is 0. The lowest BCUT2D eigenvalue weighted by atomic mass is 10.0. The van der Waals surface area contributed by atoms with E-state index in [4.69, 9.17) is 4.99 Å². The predicted molar refractivity (Wildman–Crippen MR) is 106 cm³/mol. The van der Waals surface area contributed by atoms with Crippen molar-refractivity contribution in [3.05, 3.63) is 95.6 Å². The third-order valence-corrected chi connectivity index (χ3v) is 4.31. The minimum Gasteiger partial charge on any atom is -0.508 e. The zero-order chi connectivity index (χ0) is 18.2. The van der Waals surface area contributed by atoms with E-state index in [1.807, 2.05) is 48.5 Å². The van der Waals surface area contributed by atoms with E-state index in [9.17, 15) is 10.2 Å². The summed E-state index contributed by atoms with van der Waals surface area (Å²) in [5.74, 6) is 0.120. The molecule has 0 atom stereocenters. The Bertz CT molecular complexity index is 858. The Morgan fingerprint density at radius 3 is 2.08 bits per heavy atom. The fraction of sp³-hybridized carbons (Fsp3) is 0.174. The Morgan fingerprint density at radius 2 is 1.42 bits per heavy atom. The quantitative estimate of drug-likeness (QED) is 0.585. The second-order valence-electron chi connectivity index (χ2n) is 6.29. The molecule has 0 aliphatic carbocycles. The average molecular weight is 345 g/mol. The smallest absolute Gasteiger partial charge is 0.128 e. The first-order valence-electron chi connectivity index (χ1n) is 8.86. The van der Waals surface area contributed by atoms with Gasteiger partial charge in [0.1, 0.15) is 11.5 Å². The van der Waals surface area contributed by atoms with Crippen molar-refractivity contribution >= 4 is 5.71 Å². The molecule has 3 rings (SSSR count). The molecule has 0 aromatic heterocycles. The molecule has 0 fully saturated rings. The molecule has 3 aromatic rings. The maximum Gasteiger partial charge on any atom is 0.128 e. The van der Waals surface area contributed by atoms with E-state index in [1.54, 1.807) is 12.1 Å². The van der Waals surface area contributed by atoms with Crippen LogP contribution < -0.4 is 0 Å². The molecule has 0 heterocycles. The van der Waals surface area contributed by atoms with Crippen LogP contribution in [-0.4, -0.2) is 15.9 Å². The van der Waals surface area contributed by atoms with Crippen LogP contribution in [-0.2, 0) is 13.0 Å². The molecular weight excluding hydrogens is 322 g/mol. The van der Waals surface area contributed by atoms with Gasteiger partial charge in [0.15, 0.2) is 0 Å². The zero-order valence-electron chi connectivity index (χ0n) is 14.7. The van der Waals surface area contributed by atoms with E-state index >= 15 is 0 Å². The maximum absolute atomic E-state index is 10.2. The molecule has 3 heteroatoms. The van der Waals surface area contributed by atoms with Gasteiger partial charge in [0.2, 0.25) is 0 Å². The van der Waals surface area contributed by atoms with Crippen molar-refractivity contribution in [2.24, 2.45) is 4.99 Å². The van der Waals surface area contributed by atoms with E-state index in [-0.39, 0.29) is 11.5 Å². The highest BCUT2D eigenvalue weighted by Gasteiger charge is 2.10. The molecule has 132 valence electrons. The van der Waals surface area contributed by atoms with Crippen LogP contribution in [0, 0.1) is 0 Å². The second kappa shape index (κ2) is 8.86. The Balaban J connectivity index is 1.76. The summed E-state index contributed by atoms with van der Waals surface area (Å²) in [5.41, 5.74) is 3.98. The first-order valence-corrected chi connectivity index (χ1v) is 8.86. The van der Waals surface area contributed by atoms with Crippen LogP contribution in [0.25, 0.3) is 0 Å². The average Bonchev–Trinajstić information content (AvgIpc) is 2.67. The van der Waals surface area contributed by atoms with Gasteiger partial charge < -0.3 is 10.2 Å². The number of hydrogen-bond donors (Lipinski definition) is 2. The molecule has 0 saturated heterocycles. The highest BCUT2D eigenvalue weighted by Crippen LogP contribution is 2.25. The Hall–Kier alpha value is -3.07. The largest absolute Gasteiger partial charge is 0.508 e. The number of phenols is 2. The first-order chi connectivity index (χ1) is 12.7. The highest BCUT2D eigenvalue weighted by atomic mass is 16.3. The van der Waals surface area contributed by atoms with E-state index in [0.29, 0.717) is 12.1 Å². The summed E-state index contributed by atoms with van der Waals surface area (Å²) in [5, 5.41) is 19.8. The fourth-order valence-electron chi connectivity index (χ4n) is 2.94. The molecule has 0 amide bonds. The van der Waals surface area contributed by atoms with Crippen molar-refractivity contribution in [2.45, 2.75) is 25.8 Å². The van der Waals surface area contributed by atoms with E-state index < -0.39 is 0 Å². The molecule has 3 aromatic carbocycles. The van der Waals surface area contributed by atoms with Crippen molar-refractivity contribution in [3.8, 4) is 11.5 Å². The van der Waals surface area contributed by atoms with Crippen LogP contribution >= 0.6 is 0 Å². The maximum atomic E-state index is 10.2. The summed E-state index contributed by atoms with van der Waals surface area (Å²) in [6.07, 6.45) is 2.67. The van der Waals surface area contributed by atoms with Crippen LogP contribution in [0.1, 0.15) is 29.5 Å². The number of aliphatic imine (C=N–C) groups is 1. The number of rotatable bonds is 7. The molecule has 26 heavy (non-hydrogen) atoms. The summed E-state index contributed by atoms with van der Waals surface area (Å²) in [6, 6.07) is 25.1. The number of hydrogen-bond acceptors (Lipinski definition) is 3. The molecule has 0 aliphatic heterocycles. The molecule has 3 nitrogen and oxygen atoms in total. The molecule has 0 radical (unpaired) electrons. The fourth-order valence-corrected chi connectivity index (χ4v) is 2.94. The topological polar surface area (TPSA) is 52.8 Å². The lowest BCUT2D eigenvalue weighted by molar-refractivity contribution is 0.449. The van der Waals surface area contributed by atoms with Crippen LogP contribution in [0.3, 0.4) is 0 Å². The van der Waals surface area contributed by atoms with Gasteiger partial charge in [-0.15, -0.1) is 0 Å². The van der Waals surface area contributed by atoms with Crippen LogP contribution in [0.4, 0.5) is 0 Å². The van der Waals surface area contributed by atoms with Crippen LogP contribution in [0.5, 0.6) is 11.5 Å². The van der Waals surface area contributed by atoms with Crippen molar-refractivity contribution in [1.29, 1.82) is 0 Å². The number of benzene rings is 3. The van der Waals surface area contributed by atoms with Gasteiger partial charge >= 0.3 is 0 Å². The number of phenolic OH excluding ortho intramolecular Hbond substituents is 2. The Morgan fingerprint density at radius 1 is 0.769 bits per heavy atom. The highest BCUT2D eigenvalue weighted by molar-refractivity contribution is 6.02. The van der Waals surface area contributed by atoms with Crippen molar-refractivity contribution in [3.63, 3.8) is 0 Å². The van der Waals surface area contributed by atoms with Crippen LogP contribution in [0.15, 0.2) is 83.9 Å². The zero-order valence-corrected chi connectivity index (χ0v) is 14.7. The van der Waals surface area contributed by atoms with Gasteiger partial charge in [-0.25, -0.2) is 0 Å². The van der Waals surface area contributed by atoms with Crippen LogP contribution in [0.2, 0.25) is 0 Å².